The van der Waals surface area contributed by atoms with Gasteiger partial charge in [-0.25, -0.2) is 0 Å². The number of halogens is 2. The molecule has 4 nitrogen and oxygen atoms in total. The molecule has 4 rings (SSSR count). The molecule has 0 fully saturated rings. The van der Waals surface area contributed by atoms with E-state index in [9.17, 15) is 0 Å². The van der Waals surface area contributed by atoms with Crippen molar-refractivity contribution in [3.63, 3.8) is 0 Å². The van der Waals surface area contributed by atoms with Crippen LogP contribution in [0.5, 0.6) is 0 Å². The predicted octanol–water partition coefficient (Wildman–Crippen LogP) is 6.49. The molecule has 0 radical (unpaired) electrons. The summed E-state index contributed by atoms with van der Waals surface area (Å²) < 4.78 is 2.06. The second-order valence-electron chi connectivity index (χ2n) is 6.39. The van der Waals surface area contributed by atoms with E-state index in [2.05, 4.69) is 50.9 Å². The Morgan fingerprint density at radius 2 is 1.59 bits per heavy atom. The first-order valence-electron chi connectivity index (χ1n) is 9.18. The SMILES string of the molecule is CCc1ccc(-n2c(SCc3c(Cl)cccc3Cl)nnc2-c2ccncc2)cc1. The predicted molar refractivity (Wildman–Crippen MR) is 120 cm³/mol. The maximum absolute atomic E-state index is 6.34. The van der Waals surface area contributed by atoms with E-state index in [0.29, 0.717) is 15.8 Å². The Balaban J connectivity index is 1.74. The van der Waals surface area contributed by atoms with Crippen molar-refractivity contribution in [2.24, 2.45) is 0 Å². The molecule has 146 valence electrons. The van der Waals surface area contributed by atoms with E-state index >= 15 is 0 Å². The van der Waals surface area contributed by atoms with Gasteiger partial charge in [-0.1, -0.05) is 60.1 Å². The third-order valence-corrected chi connectivity index (χ3v) is 6.25. The monoisotopic (exact) mass is 440 g/mol. The molecule has 0 amide bonds. The molecule has 0 aliphatic rings. The summed E-state index contributed by atoms with van der Waals surface area (Å²) in [5.74, 6) is 1.37. The van der Waals surface area contributed by atoms with Crippen LogP contribution in [0, 0.1) is 0 Å². The molecular weight excluding hydrogens is 423 g/mol. The number of pyridine rings is 1. The number of thioether (sulfide) groups is 1. The Kier molecular flexibility index (Phi) is 6.19. The van der Waals surface area contributed by atoms with Crippen molar-refractivity contribution in [3.8, 4) is 17.1 Å². The third-order valence-electron chi connectivity index (χ3n) is 4.58. The van der Waals surface area contributed by atoms with Crippen molar-refractivity contribution in [2.75, 3.05) is 0 Å². The molecule has 7 heteroatoms. The zero-order valence-corrected chi connectivity index (χ0v) is 18.0. The van der Waals surface area contributed by atoms with Crippen molar-refractivity contribution < 1.29 is 0 Å². The van der Waals surface area contributed by atoms with Gasteiger partial charge < -0.3 is 0 Å². The molecule has 2 aromatic carbocycles. The van der Waals surface area contributed by atoms with Crippen LogP contribution in [-0.2, 0) is 12.2 Å². The summed E-state index contributed by atoms with van der Waals surface area (Å²) >= 11 is 14.2. The minimum absolute atomic E-state index is 0.597. The molecule has 0 aliphatic carbocycles. The van der Waals surface area contributed by atoms with Gasteiger partial charge in [0.05, 0.1) is 0 Å². The number of hydrogen-bond acceptors (Lipinski definition) is 4. The Hall–Kier alpha value is -2.34. The summed E-state index contributed by atoms with van der Waals surface area (Å²) in [5.41, 5.74) is 4.13. The van der Waals surface area contributed by atoms with Gasteiger partial charge >= 0.3 is 0 Å². The topological polar surface area (TPSA) is 43.6 Å². The first kappa shape index (κ1) is 20.0. The molecule has 0 bridgehead atoms. The summed E-state index contributed by atoms with van der Waals surface area (Å²) in [6.07, 6.45) is 4.50. The van der Waals surface area contributed by atoms with E-state index in [1.54, 1.807) is 24.2 Å². The van der Waals surface area contributed by atoms with Crippen molar-refractivity contribution >= 4 is 35.0 Å². The van der Waals surface area contributed by atoms with Crippen LogP contribution in [-0.4, -0.2) is 19.7 Å². The van der Waals surface area contributed by atoms with Crippen LogP contribution in [0.2, 0.25) is 10.0 Å². The van der Waals surface area contributed by atoms with Crippen LogP contribution in [0.15, 0.2) is 72.1 Å². The van der Waals surface area contributed by atoms with E-state index in [0.717, 1.165) is 34.2 Å². The molecule has 0 saturated carbocycles. The van der Waals surface area contributed by atoms with Gasteiger partial charge in [-0.2, -0.15) is 0 Å². The largest absolute Gasteiger partial charge is 0.270 e. The second kappa shape index (κ2) is 8.99. The quantitative estimate of drug-likeness (QED) is 0.321. The fourth-order valence-corrected chi connectivity index (χ4v) is 4.67. The molecule has 29 heavy (non-hydrogen) atoms. The molecule has 0 N–H and O–H groups in total. The number of aryl methyl sites for hydroxylation is 1. The summed E-state index contributed by atoms with van der Waals surface area (Å²) in [4.78, 5) is 4.11. The standard InChI is InChI=1S/C22H18Cl2N4S/c1-2-15-6-8-17(9-7-15)28-21(16-10-12-25-13-11-16)26-27-22(28)29-14-18-19(23)4-3-5-20(18)24/h3-13H,2,14H2,1H3. The Labute approximate surface area is 183 Å². The van der Waals surface area contributed by atoms with Crippen LogP contribution in [0.1, 0.15) is 18.1 Å². The van der Waals surface area contributed by atoms with Gasteiger partial charge in [-0.15, -0.1) is 10.2 Å². The summed E-state index contributed by atoms with van der Waals surface area (Å²) in [7, 11) is 0. The lowest BCUT2D eigenvalue weighted by molar-refractivity contribution is 0.885. The Morgan fingerprint density at radius 3 is 2.24 bits per heavy atom. The minimum atomic E-state index is 0.597. The van der Waals surface area contributed by atoms with E-state index in [4.69, 9.17) is 23.2 Å². The molecule has 2 aromatic heterocycles. The van der Waals surface area contributed by atoms with Gasteiger partial charge in [0.25, 0.3) is 0 Å². The highest BCUT2D eigenvalue weighted by molar-refractivity contribution is 7.98. The highest BCUT2D eigenvalue weighted by Crippen LogP contribution is 2.33. The normalized spacial score (nSPS) is 11.0. The minimum Gasteiger partial charge on any atom is -0.270 e. The number of hydrogen-bond donors (Lipinski definition) is 0. The molecular formula is C22H18Cl2N4S. The molecule has 0 atom stereocenters. The lowest BCUT2D eigenvalue weighted by atomic mass is 10.1. The van der Waals surface area contributed by atoms with Crippen molar-refractivity contribution in [1.29, 1.82) is 0 Å². The number of benzene rings is 2. The molecule has 0 aliphatic heterocycles. The third kappa shape index (κ3) is 4.32. The van der Waals surface area contributed by atoms with Gasteiger partial charge in [-0.3, -0.25) is 9.55 Å². The fourth-order valence-electron chi connectivity index (χ4n) is 2.97. The lowest BCUT2D eigenvalue weighted by Gasteiger charge is -2.12. The Morgan fingerprint density at radius 1 is 0.897 bits per heavy atom. The first-order chi connectivity index (χ1) is 14.2. The lowest BCUT2D eigenvalue weighted by Crippen LogP contribution is -2.00. The van der Waals surface area contributed by atoms with E-state index in [-0.39, 0.29) is 0 Å². The van der Waals surface area contributed by atoms with Gasteiger partial charge in [-0.05, 0) is 53.9 Å². The van der Waals surface area contributed by atoms with Crippen LogP contribution < -0.4 is 0 Å². The maximum atomic E-state index is 6.34. The van der Waals surface area contributed by atoms with Crippen molar-refractivity contribution in [3.05, 3.63) is 88.2 Å². The fraction of sp³-hybridized carbons (Fsp3) is 0.136. The van der Waals surface area contributed by atoms with E-state index < -0.39 is 0 Å². The molecule has 4 aromatic rings. The number of aromatic nitrogens is 4. The number of rotatable bonds is 6. The average molecular weight is 441 g/mol. The summed E-state index contributed by atoms with van der Waals surface area (Å²) in [6, 6.07) is 17.9. The van der Waals surface area contributed by atoms with Crippen LogP contribution in [0.4, 0.5) is 0 Å². The molecule has 0 unspecified atom stereocenters. The molecule has 0 spiro atoms. The van der Waals surface area contributed by atoms with Gasteiger partial charge in [0.15, 0.2) is 11.0 Å². The van der Waals surface area contributed by atoms with E-state index in [1.165, 1.54) is 5.56 Å². The van der Waals surface area contributed by atoms with Crippen LogP contribution in [0.25, 0.3) is 17.1 Å². The summed E-state index contributed by atoms with van der Waals surface area (Å²) in [6.45, 7) is 2.14. The second-order valence-corrected chi connectivity index (χ2v) is 8.14. The molecule has 0 saturated heterocycles. The van der Waals surface area contributed by atoms with Crippen LogP contribution >= 0.6 is 35.0 Å². The van der Waals surface area contributed by atoms with E-state index in [1.807, 2.05) is 30.3 Å². The zero-order chi connectivity index (χ0) is 20.2. The zero-order valence-electron chi connectivity index (χ0n) is 15.7. The number of nitrogens with zero attached hydrogens (tertiary/aromatic N) is 4. The van der Waals surface area contributed by atoms with Gasteiger partial charge in [0.2, 0.25) is 0 Å². The highest BCUT2D eigenvalue weighted by atomic mass is 35.5. The van der Waals surface area contributed by atoms with Gasteiger partial charge in [0.1, 0.15) is 0 Å². The smallest absolute Gasteiger partial charge is 0.196 e. The highest BCUT2D eigenvalue weighted by Gasteiger charge is 2.17. The van der Waals surface area contributed by atoms with Crippen molar-refractivity contribution in [2.45, 2.75) is 24.3 Å². The van der Waals surface area contributed by atoms with Crippen molar-refractivity contribution in [1.82, 2.24) is 19.7 Å². The maximum Gasteiger partial charge on any atom is 0.196 e. The Bertz CT molecular complexity index is 1090. The van der Waals surface area contributed by atoms with Gasteiger partial charge in [0, 0.05) is 39.4 Å². The van der Waals surface area contributed by atoms with Crippen LogP contribution in [0.3, 0.4) is 0 Å². The average Bonchev–Trinajstić information content (AvgIpc) is 3.18. The first-order valence-corrected chi connectivity index (χ1v) is 10.9. The molecule has 2 heterocycles. The summed E-state index contributed by atoms with van der Waals surface area (Å²) in [5, 5.41) is 11.0.